The van der Waals surface area contributed by atoms with Crippen molar-refractivity contribution >= 4 is 5.91 Å². The van der Waals surface area contributed by atoms with E-state index >= 15 is 0 Å². The van der Waals surface area contributed by atoms with Gasteiger partial charge < -0.3 is 9.47 Å². The second kappa shape index (κ2) is 7.32. The van der Waals surface area contributed by atoms with Gasteiger partial charge >= 0.3 is 0 Å². The first kappa shape index (κ1) is 18.9. The molecule has 0 N–H and O–H groups in total. The first-order valence-electron chi connectivity index (χ1n) is 10.4. The number of aromatic nitrogens is 4. The number of hydrogen-bond acceptors (Lipinski definition) is 5. The van der Waals surface area contributed by atoms with Gasteiger partial charge in [-0.3, -0.25) is 14.7 Å². The fourth-order valence-corrected chi connectivity index (χ4v) is 5.06. The van der Waals surface area contributed by atoms with E-state index in [1.807, 2.05) is 41.6 Å². The largest absolute Gasteiger partial charge is 0.337 e. The zero-order valence-electron chi connectivity index (χ0n) is 17.4. The molecule has 1 spiro atoms. The molecule has 1 amide bonds. The summed E-state index contributed by atoms with van der Waals surface area (Å²) in [4.78, 5) is 21.8. The summed E-state index contributed by atoms with van der Waals surface area (Å²) in [6, 6.07) is 14.3. The lowest BCUT2D eigenvalue weighted by molar-refractivity contribution is 0.00132. The molecule has 0 aliphatic carbocycles. The van der Waals surface area contributed by atoms with Crippen molar-refractivity contribution in [3.8, 4) is 0 Å². The molecular formula is C23H26N6O. The highest BCUT2D eigenvalue weighted by Gasteiger charge is 2.57. The molecule has 2 aliphatic heterocycles. The lowest BCUT2D eigenvalue weighted by Gasteiger charge is -2.50. The summed E-state index contributed by atoms with van der Waals surface area (Å²) in [5, 5.41) is 8.55. The molecule has 1 aromatic carbocycles. The first-order chi connectivity index (χ1) is 14.6. The number of carbonyl (C=O) groups is 1. The van der Waals surface area contributed by atoms with Crippen molar-refractivity contribution in [2.75, 3.05) is 26.2 Å². The number of pyridine rings is 1. The Labute approximate surface area is 176 Å². The van der Waals surface area contributed by atoms with Crippen molar-refractivity contribution in [1.82, 2.24) is 29.5 Å². The average molecular weight is 403 g/mol. The SMILES string of the molecule is Cc1ncccc1C(=O)N1CC2(CN(Cc3ccccc3)CC2c2nncn2C)C1. The predicted octanol–water partition coefficient (Wildman–Crippen LogP) is 2.26. The van der Waals surface area contributed by atoms with E-state index < -0.39 is 0 Å². The van der Waals surface area contributed by atoms with Gasteiger partial charge in [0, 0.05) is 63.0 Å². The minimum Gasteiger partial charge on any atom is -0.337 e. The second-order valence-electron chi connectivity index (χ2n) is 8.67. The summed E-state index contributed by atoms with van der Waals surface area (Å²) in [5.74, 6) is 1.34. The number of benzene rings is 1. The maximum atomic E-state index is 13.1. The highest BCUT2D eigenvalue weighted by Crippen LogP contribution is 2.49. The molecule has 2 saturated heterocycles. The van der Waals surface area contributed by atoms with E-state index in [-0.39, 0.29) is 17.2 Å². The fraction of sp³-hybridized carbons (Fsp3) is 0.391. The number of amides is 1. The van der Waals surface area contributed by atoms with Crippen LogP contribution in [0.3, 0.4) is 0 Å². The maximum Gasteiger partial charge on any atom is 0.255 e. The topological polar surface area (TPSA) is 67.2 Å². The number of nitrogens with zero attached hydrogens (tertiary/aromatic N) is 6. The van der Waals surface area contributed by atoms with E-state index in [9.17, 15) is 4.79 Å². The van der Waals surface area contributed by atoms with Crippen molar-refractivity contribution in [2.45, 2.75) is 19.4 Å². The molecule has 2 aliphatic rings. The molecule has 5 rings (SSSR count). The summed E-state index contributed by atoms with van der Waals surface area (Å²) >= 11 is 0. The molecule has 1 unspecified atom stereocenters. The number of aryl methyl sites for hydroxylation is 2. The number of likely N-dealkylation sites (tertiary alicyclic amines) is 2. The Bertz CT molecular complexity index is 1060. The van der Waals surface area contributed by atoms with Crippen molar-refractivity contribution in [3.05, 3.63) is 77.6 Å². The van der Waals surface area contributed by atoms with Crippen LogP contribution in [0, 0.1) is 12.3 Å². The molecule has 0 radical (unpaired) electrons. The van der Waals surface area contributed by atoms with E-state index in [2.05, 4.69) is 44.3 Å². The third kappa shape index (κ3) is 3.19. The molecule has 7 heteroatoms. The van der Waals surface area contributed by atoms with Gasteiger partial charge in [0.25, 0.3) is 5.91 Å². The smallest absolute Gasteiger partial charge is 0.255 e. The lowest BCUT2D eigenvalue weighted by Crippen LogP contribution is -2.61. The van der Waals surface area contributed by atoms with Gasteiger partial charge in [-0.2, -0.15) is 0 Å². The van der Waals surface area contributed by atoms with Crippen LogP contribution < -0.4 is 0 Å². The zero-order chi connectivity index (χ0) is 20.7. The van der Waals surface area contributed by atoms with Gasteiger partial charge in [-0.1, -0.05) is 30.3 Å². The van der Waals surface area contributed by atoms with Gasteiger partial charge in [0.05, 0.1) is 5.56 Å². The quantitative estimate of drug-likeness (QED) is 0.670. The van der Waals surface area contributed by atoms with Crippen LogP contribution in [0.5, 0.6) is 0 Å². The van der Waals surface area contributed by atoms with Crippen LogP contribution in [0.2, 0.25) is 0 Å². The summed E-state index contributed by atoms with van der Waals surface area (Å²) in [5.41, 5.74) is 2.80. The third-order valence-corrected chi connectivity index (χ3v) is 6.56. The Hall–Kier alpha value is -3.06. The molecule has 3 aromatic rings. The van der Waals surface area contributed by atoms with Crippen molar-refractivity contribution in [3.63, 3.8) is 0 Å². The van der Waals surface area contributed by atoms with Crippen molar-refractivity contribution < 1.29 is 4.79 Å². The fourth-order valence-electron chi connectivity index (χ4n) is 5.06. The molecule has 154 valence electrons. The van der Waals surface area contributed by atoms with E-state index in [0.29, 0.717) is 5.56 Å². The number of carbonyl (C=O) groups excluding carboxylic acids is 1. The van der Waals surface area contributed by atoms with Gasteiger partial charge in [-0.25, -0.2) is 0 Å². The number of rotatable bonds is 4. The Morgan fingerprint density at radius 3 is 2.63 bits per heavy atom. The predicted molar refractivity (Wildman–Crippen MR) is 113 cm³/mol. The standard InChI is InChI=1S/C23H26N6O/c1-17-19(9-6-10-24-17)22(30)29-14-23(15-29)13-28(11-18-7-4-3-5-8-18)12-20(23)21-26-25-16-27(21)2/h3-10,16,20H,11-15H2,1-2H3. The minimum atomic E-state index is 0.0152. The van der Waals surface area contributed by atoms with E-state index in [0.717, 1.165) is 44.2 Å². The molecule has 2 aromatic heterocycles. The van der Waals surface area contributed by atoms with Crippen molar-refractivity contribution in [2.24, 2.45) is 12.5 Å². The molecular weight excluding hydrogens is 376 g/mol. The van der Waals surface area contributed by atoms with Gasteiger partial charge in [0.15, 0.2) is 0 Å². The highest BCUT2D eigenvalue weighted by atomic mass is 16.2. The van der Waals surface area contributed by atoms with Crippen LogP contribution in [-0.4, -0.2) is 61.6 Å². The van der Waals surface area contributed by atoms with Crippen LogP contribution in [0.1, 0.15) is 33.4 Å². The molecule has 30 heavy (non-hydrogen) atoms. The average Bonchev–Trinajstić information content (AvgIpc) is 3.30. The van der Waals surface area contributed by atoms with Gasteiger partial charge in [-0.15, -0.1) is 10.2 Å². The molecule has 1 atom stereocenters. The molecule has 7 nitrogen and oxygen atoms in total. The van der Waals surface area contributed by atoms with Crippen LogP contribution in [-0.2, 0) is 13.6 Å². The van der Waals surface area contributed by atoms with E-state index in [4.69, 9.17) is 0 Å². The lowest BCUT2D eigenvalue weighted by atomic mass is 9.71. The summed E-state index contributed by atoms with van der Waals surface area (Å²) in [6.07, 6.45) is 3.50. The Morgan fingerprint density at radius 2 is 1.93 bits per heavy atom. The normalized spacial score (nSPS) is 20.5. The first-order valence-corrected chi connectivity index (χ1v) is 10.4. The van der Waals surface area contributed by atoms with Gasteiger partial charge in [-0.05, 0) is 24.6 Å². The Kier molecular flexibility index (Phi) is 4.62. The van der Waals surface area contributed by atoms with E-state index in [1.165, 1.54) is 5.56 Å². The molecule has 2 fully saturated rings. The summed E-state index contributed by atoms with van der Waals surface area (Å²) in [6.45, 7) is 6.16. The van der Waals surface area contributed by atoms with Crippen molar-refractivity contribution in [1.29, 1.82) is 0 Å². The van der Waals surface area contributed by atoms with Gasteiger partial charge in [0.2, 0.25) is 0 Å². The van der Waals surface area contributed by atoms with Crippen LogP contribution in [0.4, 0.5) is 0 Å². The third-order valence-electron chi connectivity index (χ3n) is 6.56. The highest BCUT2D eigenvalue weighted by molar-refractivity contribution is 5.95. The number of hydrogen-bond donors (Lipinski definition) is 0. The van der Waals surface area contributed by atoms with Crippen LogP contribution in [0.25, 0.3) is 0 Å². The Balaban J connectivity index is 1.38. The zero-order valence-corrected chi connectivity index (χ0v) is 17.4. The van der Waals surface area contributed by atoms with Gasteiger partial charge in [0.1, 0.15) is 12.2 Å². The van der Waals surface area contributed by atoms with Crippen LogP contribution in [0.15, 0.2) is 55.0 Å². The molecule has 0 bridgehead atoms. The minimum absolute atomic E-state index is 0.0152. The summed E-state index contributed by atoms with van der Waals surface area (Å²) in [7, 11) is 2.00. The maximum absolute atomic E-state index is 13.1. The van der Waals surface area contributed by atoms with E-state index in [1.54, 1.807) is 12.5 Å². The molecule has 4 heterocycles. The second-order valence-corrected chi connectivity index (χ2v) is 8.67. The summed E-state index contributed by atoms with van der Waals surface area (Å²) < 4.78 is 2.02. The molecule has 0 saturated carbocycles. The monoisotopic (exact) mass is 402 g/mol. The Morgan fingerprint density at radius 1 is 1.13 bits per heavy atom. The van der Waals surface area contributed by atoms with Crippen LogP contribution >= 0.6 is 0 Å².